The van der Waals surface area contributed by atoms with Crippen molar-refractivity contribution < 1.29 is 0 Å². The second-order valence-corrected chi connectivity index (χ2v) is 3.24. The first-order valence-corrected chi connectivity index (χ1v) is 4.16. The lowest BCUT2D eigenvalue weighted by Gasteiger charge is -2.02. The Hall–Kier alpha value is -0.560. The van der Waals surface area contributed by atoms with Gasteiger partial charge in [-0.25, -0.2) is 0 Å². The van der Waals surface area contributed by atoms with Crippen molar-refractivity contribution in [1.29, 1.82) is 0 Å². The van der Waals surface area contributed by atoms with Gasteiger partial charge in [0.2, 0.25) is 0 Å². The summed E-state index contributed by atoms with van der Waals surface area (Å²) in [5.41, 5.74) is 1.34. The number of hydrogen-bond acceptors (Lipinski definition) is 1. The Bertz CT molecular complexity index is 139. The predicted octanol–water partition coefficient (Wildman–Crippen LogP) is 2.51. The molecule has 1 nitrogen and oxygen atoms in total. The Morgan fingerprint density at radius 3 is 2.45 bits per heavy atom. The third kappa shape index (κ3) is 9.44. The van der Waals surface area contributed by atoms with Crippen LogP contribution in [0.3, 0.4) is 0 Å². The molecule has 1 N–H and O–H groups in total. The van der Waals surface area contributed by atoms with Gasteiger partial charge in [-0.1, -0.05) is 37.6 Å². The van der Waals surface area contributed by atoms with Gasteiger partial charge in [-0.3, -0.25) is 0 Å². The molecule has 0 aromatic carbocycles. The average molecular weight is 153 g/mol. The van der Waals surface area contributed by atoms with Crippen molar-refractivity contribution in [3.63, 3.8) is 0 Å². The molecule has 64 valence electrons. The standard InChI is InChI=1S/C10H19N/c1-9(2)7-5-6-8-11-10(3)4/h5-7,10-11H,8H2,1-4H3/b6-5-. The smallest absolute Gasteiger partial charge is 0.0140 e. The van der Waals surface area contributed by atoms with Crippen LogP contribution in [0.4, 0.5) is 0 Å². The van der Waals surface area contributed by atoms with Crippen LogP contribution in [-0.4, -0.2) is 12.6 Å². The van der Waals surface area contributed by atoms with Crippen LogP contribution in [0.5, 0.6) is 0 Å². The van der Waals surface area contributed by atoms with Crippen molar-refractivity contribution in [2.24, 2.45) is 0 Å². The number of nitrogens with one attached hydrogen (secondary N) is 1. The van der Waals surface area contributed by atoms with Gasteiger partial charge in [0.05, 0.1) is 0 Å². The molecule has 0 bridgehead atoms. The summed E-state index contributed by atoms with van der Waals surface area (Å²) in [6, 6.07) is 0.575. The first-order valence-electron chi connectivity index (χ1n) is 4.16. The highest BCUT2D eigenvalue weighted by Gasteiger charge is 1.85. The maximum atomic E-state index is 3.30. The Labute approximate surface area is 70.2 Å². The number of rotatable bonds is 4. The van der Waals surface area contributed by atoms with E-state index >= 15 is 0 Å². The van der Waals surface area contributed by atoms with Crippen LogP contribution in [0.15, 0.2) is 23.8 Å². The zero-order valence-corrected chi connectivity index (χ0v) is 8.02. The minimum Gasteiger partial charge on any atom is -0.311 e. The maximum absolute atomic E-state index is 3.30. The predicted molar refractivity (Wildman–Crippen MR) is 51.7 cm³/mol. The second-order valence-electron chi connectivity index (χ2n) is 3.24. The molecule has 0 radical (unpaired) electrons. The van der Waals surface area contributed by atoms with Gasteiger partial charge < -0.3 is 5.32 Å². The molecule has 0 saturated carbocycles. The van der Waals surface area contributed by atoms with E-state index in [1.807, 2.05) is 0 Å². The van der Waals surface area contributed by atoms with Crippen LogP contribution in [0.1, 0.15) is 27.7 Å². The highest BCUT2D eigenvalue weighted by atomic mass is 14.9. The van der Waals surface area contributed by atoms with Gasteiger partial charge in [0.25, 0.3) is 0 Å². The molecule has 0 rings (SSSR count). The van der Waals surface area contributed by atoms with Crippen molar-refractivity contribution in [2.75, 3.05) is 6.54 Å². The number of allylic oxidation sites excluding steroid dienone is 3. The summed E-state index contributed by atoms with van der Waals surface area (Å²) in [6.07, 6.45) is 6.33. The molecule has 0 aromatic heterocycles. The fourth-order valence-corrected chi connectivity index (χ4v) is 0.632. The summed E-state index contributed by atoms with van der Waals surface area (Å²) in [4.78, 5) is 0. The van der Waals surface area contributed by atoms with Crippen molar-refractivity contribution in [3.05, 3.63) is 23.8 Å². The zero-order valence-electron chi connectivity index (χ0n) is 8.02. The topological polar surface area (TPSA) is 12.0 Å². The van der Waals surface area contributed by atoms with Crippen LogP contribution in [0.25, 0.3) is 0 Å². The summed E-state index contributed by atoms with van der Waals surface area (Å²) in [7, 11) is 0. The van der Waals surface area contributed by atoms with E-state index in [0.29, 0.717) is 6.04 Å². The van der Waals surface area contributed by atoms with Crippen LogP contribution in [-0.2, 0) is 0 Å². The Morgan fingerprint density at radius 2 is 2.00 bits per heavy atom. The SMILES string of the molecule is CC(C)=C/C=C\CNC(C)C. The minimum absolute atomic E-state index is 0.575. The molecule has 0 saturated heterocycles. The molecule has 0 aliphatic carbocycles. The van der Waals surface area contributed by atoms with Crippen molar-refractivity contribution >= 4 is 0 Å². The van der Waals surface area contributed by atoms with Crippen molar-refractivity contribution in [2.45, 2.75) is 33.7 Å². The summed E-state index contributed by atoms with van der Waals surface area (Å²) < 4.78 is 0. The second kappa shape index (κ2) is 6.17. The lowest BCUT2D eigenvalue weighted by molar-refractivity contribution is 0.632. The number of hydrogen-bond donors (Lipinski definition) is 1. The van der Waals surface area contributed by atoms with E-state index in [1.54, 1.807) is 0 Å². The Morgan fingerprint density at radius 1 is 1.36 bits per heavy atom. The third-order valence-corrected chi connectivity index (χ3v) is 1.21. The largest absolute Gasteiger partial charge is 0.311 e. The van der Waals surface area contributed by atoms with Gasteiger partial charge in [0.15, 0.2) is 0 Å². The summed E-state index contributed by atoms with van der Waals surface area (Å²) >= 11 is 0. The molecule has 0 spiro atoms. The van der Waals surface area contributed by atoms with Crippen LogP contribution >= 0.6 is 0 Å². The van der Waals surface area contributed by atoms with Gasteiger partial charge >= 0.3 is 0 Å². The molecule has 0 aliphatic heterocycles. The lowest BCUT2D eigenvalue weighted by atomic mass is 10.3. The highest BCUT2D eigenvalue weighted by Crippen LogP contribution is 1.88. The van der Waals surface area contributed by atoms with Crippen molar-refractivity contribution in [1.82, 2.24) is 5.32 Å². The van der Waals surface area contributed by atoms with E-state index in [2.05, 4.69) is 51.2 Å². The monoisotopic (exact) mass is 153 g/mol. The van der Waals surface area contributed by atoms with Gasteiger partial charge in [-0.05, 0) is 13.8 Å². The molecular weight excluding hydrogens is 134 g/mol. The summed E-state index contributed by atoms with van der Waals surface area (Å²) in [5.74, 6) is 0. The molecule has 0 fully saturated rings. The van der Waals surface area contributed by atoms with E-state index in [1.165, 1.54) is 5.57 Å². The fraction of sp³-hybridized carbons (Fsp3) is 0.600. The Balaban J connectivity index is 3.38. The van der Waals surface area contributed by atoms with E-state index in [9.17, 15) is 0 Å². The van der Waals surface area contributed by atoms with E-state index in [-0.39, 0.29) is 0 Å². The van der Waals surface area contributed by atoms with Gasteiger partial charge in [-0.2, -0.15) is 0 Å². The highest BCUT2D eigenvalue weighted by molar-refractivity contribution is 5.08. The first kappa shape index (κ1) is 10.4. The van der Waals surface area contributed by atoms with Crippen LogP contribution < -0.4 is 5.32 Å². The molecule has 0 aliphatic rings. The molecule has 0 atom stereocenters. The minimum atomic E-state index is 0.575. The van der Waals surface area contributed by atoms with E-state index < -0.39 is 0 Å². The van der Waals surface area contributed by atoms with Gasteiger partial charge in [0, 0.05) is 12.6 Å². The van der Waals surface area contributed by atoms with E-state index in [4.69, 9.17) is 0 Å². The molecule has 0 unspecified atom stereocenters. The van der Waals surface area contributed by atoms with Gasteiger partial charge in [0.1, 0.15) is 0 Å². The lowest BCUT2D eigenvalue weighted by Crippen LogP contribution is -2.22. The summed E-state index contributed by atoms with van der Waals surface area (Å²) in [6.45, 7) is 9.45. The fourth-order valence-electron chi connectivity index (χ4n) is 0.632. The summed E-state index contributed by atoms with van der Waals surface area (Å²) in [5, 5.41) is 3.30. The molecule has 0 aromatic rings. The van der Waals surface area contributed by atoms with Crippen LogP contribution in [0.2, 0.25) is 0 Å². The van der Waals surface area contributed by atoms with Gasteiger partial charge in [-0.15, -0.1) is 0 Å². The van der Waals surface area contributed by atoms with Crippen molar-refractivity contribution in [3.8, 4) is 0 Å². The third-order valence-electron chi connectivity index (χ3n) is 1.21. The van der Waals surface area contributed by atoms with E-state index in [0.717, 1.165) is 6.54 Å². The molecule has 0 heterocycles. The molecule has 0 amide bonds. The normalized spacial score (nSPS) is 11.0. The molecular formula is C10H19N. The van der Waals surface area contributed by atoms with Crippen LogP contribution in [0, 0.1) is 0 Å². The molecule has 11 heavy (non-hydrogen) atoms. The average Bonchev–Trinajstić information content (AvgIpc) is 1.85. The zero-order chi connectivity index (χ0) is 8.69. The first-order chi connectivity index (χ1) is 5.13. The Kier molecular flexibility index (Phi) is 5.86. The maximum Gasteiger partial charge on any atom is 0.0140 e. The molecule has 1 heteroatoms. The quantitative estimate of drug-likeness (QED) is 0.612.